The number of benzene rings is 1. The summed E-state index contributed by atoms with van der Waals surface area (Å²) in [5, 5.41) is 13.7. The molecule has 1 aromatic carbocycles. The van der Waals surface area contributed by atoms with Gasteiger partial charge in [0.15, 0.2) is 0 Å². The minimum absolute atomic E-state index is 0.0753. The highest BCUT2D eigenvalue weighted by molar-refractivity contribution is 8.35. The second-order valence-corrected chi connectivity index (χ2v) is 7.97. The molecular weight excluding hydrogens is 224 g/mol. The minimum atomic E-state index is -0.897. The number of nitro benzene ring substituents is 1. The van der Waals surface area contributed by atoms with E-state index in [4.69, 9.17) is 5.73 Å². The monoisotopic (exact) mass is 238 g/mol. The topological polar surface area (TPSA) is 69.2 Å². The molecule has 0 aliphatic rings. The first-order valence-electron chi connectivity index (χ1n) is 4.54. The van der Waals surface area contributed by atoms with Crippen LogP contribution in [0.5, 0.6) is 0 Å². The van der Waals surface area contributed by atoms with Gasteiger partial charge in [0.05, 0.1) is 4.92 Å². The Hall–Kier alpha value is -1.67. The number of nitrogens with two attached hydrogens (primary N) is 1. The summed E-state index contributed by atoms with van der Waals surface area (Å²) in [6, 6.07) is 4.54. The van der Waals surface area contributed by atoms with E-state index in [1.165, 1.54) is 12.1 Å². The Morgan fingerprint density at radius 2 is 2.00 bits per heavy atom. The fourth-order valence-electron chi connectivity index (χ4n) is 1.01. The lowest BCUT2D eigenvalue weighted by Gasteiger charge is -2.14. The van der Waals surface area contributed by atoms with E-state index in [1.807, 2.05) is 0 Å². The molecule has 0 atom stereocenters. The average Bonchev–Trinajstić information content (AvgIpc) is 2.13. The first-order chi connectivity index (χ1) is 7.29. The Morgan fingerprint density at radius 3 is 2.44 bits per heavy atom. The number of hydrogen-bond donors (Lipinski definition) is 1. The van der Waals surface area contributed by atoms with Gasteiger partial charge in [-0.15, -0.1) is 0 Å². The van der Waals surface area contributed by atoms with Gasteiger partial charge in [-0.3, -0.25) is 10.1 Å². The van der Waals surface area contributed by atoms with E-state index in [9.17, 15) is 10.1 Å². The molecule has 0 aromatic heterocycles. The van der Waals surface area contributed by atoms with Crippen LogP contribution in [0.1, 0.15) is 5.56 Å². The molecule has 0 bridgehead atoms. The first-order valence-corrected chi connectivity index (χ1v) is 7.40. The fraction of sp³-hybridized carbons (Fsp3) is 0.273. The van der Waals surface area contributed by atoms with E-state index in [0.717, 1.165) is 0 Å². The van der Waals surface area contributed by atoms with E-state index in [-0.39, 0.29) is 11.4 Å². The van der Waals surface area contributed by atoms with Crippen LogP contribution in [-0.2, 0) is 0 Å². The maximum atomic E-state index is 10.5. The van der Waals surface area contributed by atoms with Crippen LogP contribution < -0.4 is 5.73 Å². The Kier molecular flexibility index (Phi) is 3.45. The number of nitrogen functional groups attached to an aromatic ring is 1. The number of nitrogens with zero attached hydrogens (tertiary/aromatic N) is 1. The standard InChI is InChI=1S/C11H14N2O2S/c1-16(2,3)7-6-9-4-5-11(13(14)15)10(12)8-9/h4-5,8H,12H2,1-3H3. The molecule has 1 rings (SSSR count). The second-order valence-electron chi connectivity index (χ2n) is 4.09. The summed E-state index contributed by atoms with van der Waals surface area (Å²) in [6.45, 7) is 0. The van der Waals surface area contributed by atoms with Gasteiger partial charge in [-0.25, -0.2) is 0 Å². The normalized spacial score (nSPS) is 11.4. The van der Waals surface area contributed by atoms with Crippen molar-refractivity contribution in [1.29, 1.82) is 0 Å². The van der Waals surface area contributed by atoms with E-state index in [0.29, 0.717) is 5.56 Å². The van der Waals surface area contributed by atoms with Crippen LogP contribution in [0.4, 0.5) is 11.4 Å². The highest BCUT2D eigenvalue weighted by Gasteiger charge is 2.10. The predicted molar refractivity (Wildman–Crippen MR) is 69.7 cm³/mol. The number of hydrogen-bond acceptors (Lipinski definition) is 3. The van der Waals surface area contributed by atoms with E-state index >= 15 is 0 Å². The smallest absolute Gasteiger partial charge is 0.292 e. The molecule has 86 valence electrons. The van der Waals surface area contributed by atoms with Crippen molar-refractivity contribution >= 4 is 21.4 Å². The summed E-state index contributed by atoms with van der Waals surface area (Å²) in [5.41, 5.74) is 6.35. The molecule has 0 spiro atoms. The van der Waals surface area contributed by atoms with Crippen molar-refractivity contribution in [3.8, 4) is 11.2 Å². The Labute approximate surface area is 96.3 Å². The minimum Gasteiger partial charge on any atom is -0.393 e. The van der Waals surface area contributed by atoms with Crippen LogP contribution >= 0.6 is 10.0 Å². The van der Waals surface area contributed by atoms with Crippen LogP contribution in [0, 0.1) is 21.3 Å². The van der Waals surface area contributed by atoms with Crippen molar-refractivity contribution in [3.05, 3.63) is 33.9 Å². The Morgan fingerprint density at radius 1 is 1.38 bits per heavy atom. The first kappa shape index (κ1) is 12.4. The third-order valence-electron chi connectivity index (χ3n) is 1.73. The molecule has 5 heteroatoms. The zero-order valence-electron chi connectivity index (χ0n) is 9.48. The van der Waals surface area contributed by atoms with E-state index < -0.39 is 15.0 Å². The summed E-state index contributed by atoms with van der Waals surface area (Å²) in [6.07, 6.45) is 6.23. The quantitative estimate of drug-likeness (QED) is 0.353. The van der Waals surface area contributed by atoms with Crippen molar-refractivity contribution in [2.24, 2.45) is 0 Å². The van der Waals surface area contributed by atoms with Gasteiger partial charge in [0.1, 0.15) is 5.69 Å². The molecule has 4 nitrogen and oxygen atoms in total. The maximum absolute atomic E-state index is 10.5. The lowest BCUT2D eigenvalue weighted by Crippen LogP contribution is -1.95. The van der Waals surface area contributed by atoms with Gasteiger partial charge in [-0.05, 0) is 36.2 Å². The lowest BCUT2D eigenvalue weighted by molar-refractivity contribution is -0.383. The Bertz CT molecular complexity index is 481. The van der Waals surface area contributed by atoms with Crippen molar-refractivity contribution in [2.75, 3.05) is 24.5 Å². The van der Waals surface area contributed by atoms with Crippen LogP contribution in [0.25, 0.3) is 0 Å². The third kappa shape index (κ3) is 3.48. The number of anilines is 1. The van der Waals surface area contributed by atoms with Gasteiger partial charge in [0.2, 0.25) is 0 Å². The number of rotatable bonds is 1. The molecule has 0 saturated heterocycles. The van der Waals surface area contributed by atoms with Gasteiger partial charge in [0, 0.05) is 11.6 Å². The molecule has 0 fully saturated rings. The van der Waals surface area contributed by atoms with Crippen molar-refractivity contribution < 1.29 is 4.92 Å². The van der Waals surface area contributed by atoms with Crippen molar-refractivity contribution in [1.82, 2.24) is 0 Å². The van der Waals surface area contributed by atoms with Crippen LogP contribution in [0.15, 0.2) is 18.2 Å². The molecule has 0 heterocycles. The fourth-order valence-corrected chi connectivity index (χ4v) is 1.43. The van der Waals surface area contributed by atoms with Crippen LogP contribution in [0.3, 0.4) is 0 Å². The van der Waals surface area contributed by atoms with Gasteiger partial charge in [-0.2, -0.15) is 10.0 Å². The van der Waals surface area contributed by atoms with Crippen molar-refractivity contribution in [3.63, 3.8) is 0 Å². The molecule has 1 aromatic rings. The maximum Gasteiger partial charge on any atom is 0.292 e. The van der Waals surface area contributed by atoms with Gasteiger partial charge in [0.25, 0.3) is 5.69 Å². The summed E-state index contributed by atoms with van der Waals surface area (Å²) in [5.74, 6) is 2.98. The molecule has 0 aliphatic heterocycles. The van der Waals surface area contributed by atoms with Gasteiger partial charge < -0.3 is 5.73 Å². The zero-order valence-corrected chi connectivity index (χ0v) is 10.3. The molecular formula is C11H14N2O2S. The lowest BCUT2D eigenvalue weighted by atomic mass is 10.2. The summed E-state index contributed by atoms with van der Waals surface area (Å²) < 4.78 is 0. The molecule has 2 N–H and O–H groups in total. The summed E-state index contributed by atoms with van der Waals surface area (Å²) in [7, 11) is -0.897. The van der Waals surface area contributed by atoms with Gasteiger partial charge in [-0.1, -0.05) is 5.92 Å². The van der Waals surface area contributed by atoms with Crippen LogP contribution in [-0.4, -0.2) is 23.7 Å². The zero-order chi connectivity index (χ0) is 12.3. The molecule has 0 radical (unpaired) electrons. The summed E-state index contributed by atoms with van der Waals surface area (Å²) >= 11 is 0. The predicted octanol–water partition coefficient (Wildman–Crippen LogP) is 2.18. The van der Waals surface area contributed by atoms with Crippen LogP contribution in [0.2, 0.25) is 0 Å². The van der Waals surface area contributed by atoms with Gasteiger partial charge >= 0.3 is 0 Å². The highest BCUT2D eigenvalue weighted by Crippen LogP contribution is 2.32. The highest BCUT2D eigenvalue weighted by atomic mass is 32.3. The third-order valence-corrected chi connectivity index (χ3v) is 2.44. The largest absolute Gasteiger partial charge is 0.393 e. The van der Waals surface area contributed by atoms with E-state index in [1.54, 1.807) is 6.07 Å². The summed E-state index contributed by atoms with van der Waals surface area (Å²) in [4.78, 5) is 10.0. The molecule has 0 aliphatic carbocycles. The molecule has 0 amide bonds. The molecule has 0 saturated carbocycles. The second kappa shape index (κ2) is 4.45. The molecule has 0 unspecified atom stereocenters. The Balaban J connectivity index is 3.06. The van der Waals surface area contributed by atoms with Crippen molar-refractivity contribution in [2.45, 2.75) is 0 Å². The average molecular weight is 238 g/mol. The number of nitro groups is 1. The SMILES string of the molecule is CS(C)(C)C#Cc1ccc([N+](=O)[O-])c(N)c1. The van der Waals surface area contributed by atoms with E-state index in [2.05, 4.69) is 29.9 Å². The molecule has 16 heavy (non-hydrogen) atoms.